The number of esters is 1. The number of fused-ring (bicyclic) bond motifs is 1. The lowest BCUT2D eigenvalue weighted by molar-refractivity contribution is -0.143. The molecule has 0 unspecified atom stereocenters. The van der Waals surface area contributed by atoms with Gasteiger partial charge in [0.2, 0.25) is 0 Å². The molecule has 0 radical (unpaired) electrons. The smallest absolute Gasteiger partial charge is 0.332 e. The molecule has 0 saturated heterocycles. The number of thioether (sulfide) groups is 1. The summed E-state index contributed by atoms with van der Waals surface area (Å²) in [6.45, 7) is 1.77. The lowest BCUT2D eigenvalue weighted by Crippen LogP contribution is -2.42. The molecular weight excluding hydrogens is 592 g/mol. The zero-order chi connectivity index (χ0) is 27.2. The molecule has 0 bridgehead atoms. The van der Waals surface area contributed by atoms with Crippen molar-refractivity contribution in [1.29, 1.82) is 0 Å². The highest BCUT2D eigenvalue weighted by Crippen LogP contribution is 2.39. The van der Waals surface area contributed by atoms with Crippen LogP contribution in [0.1, 0.15) is 18.1 Å². The Bertz CT molecular complexity index is 1560. The average molecular weight is 620 g/mol. The molecule has 4 aromatic rings. The van der Waals surface area contributed by atoms with Gasteiger partial charge in [0.15, 0.2) is 6.79 Å². The molecule has 38 heavy (non-hydrogen) atoms. The van der Waals surface area contributed by atoms with Gasteiger partial charge < -0.3 is 14.2 Å². The highest BCUT2D eigenvalue weighted by molar-refractivity contribution is 9.08. The minimum absolute atomic E-state index is 0.138. The van der Waals surface area contributed by atoms with Crippen molar-refractivity contribution < 1.29 is 19.0 Å². The van der Waals surface area contributed by atoms with Gasteiger partial charge in [-0.15, -0.1) is 23.1 Å². The SMILES string of the molecule is CCOC(=O)Cn1c(=O)c2c(CBr)c(-c3ccc(OCOC)cc3)sc2n(Cc2ccccc2SC)c1=O. The Balaban J connectivity index is 1.95. The maximum Gasteiger partial charge on any atom is 0.332 e. The van der Waals surface area contributed by atoms with E-state index in [1.165, 1.54) is 11.3 Å². The molecule has 0 aliphatic rings. The minimum Gasteiger partial charge on any atom is -0.468 e. The van der Waals surface area contributed by atoms with Gasteiger partial charge in [-0.05, 0) is 60.2 Å². The van der Waals surface area contributed by atoms with Crippen LogP contribution in [0.5, 0.6) is 5.75 Å². The Morgan fingerprint density at radius 1 is 1.08 bits per heavy atom. The summed E-state index contributed by atoms with van der Waals surface area (Å²) < 4.78 is 18.1. The number of aromatic nitrogens is 2. The third kappa shape index (κ3) is 5.75. The largest absolute Gasteiger partial charge is 0.468 e. The average Bonchev–Trinajstić information content (AvgIpc) is 3.32. The summed E-state index contributed by atoms with van der Waals surface area (Å²) in [7, 11) is 1.56. The van der Waals surface area contributed by atoms with E-state index >= 15 is 0 Å². The van der Waals surface area contributed by atoms with Crippen LogP contribution in [0.15, 0.2) is 63.0 Å². The first-order valence-corrected chi connectivity index (χ1v) is 14.9. The van der Waals surface area contributed by atoms with Crippen LogP contribution < -0.4 is 16.0 Å². The van der Waals surface area contributed by atoms with Crippen LogP contribution in [0, 0.1) is 0 Å². The van der Waals surface area contributed by atoms with Gasteiger partial charge in [0.25, 0.3) is 5.56 Å². The molecule has 0 atom stereocenters. The molecule has 0 fully saturated rings. The van der Waals surface area contributed by atoms with Crippen molar-refractivity contribution in [3.05, 3.63) is 80.5 Å². The fourth-order valence-corrected chi connectivity index (χ4v) is 6.79. The molecule has 2 heterocycles. The Labute approximate surface area is 236 Å². The number of halogens is 1. The minimum atomic E-state index is -0.635. The van der Waals surface area contributed by atoms with Crippen LogP contribution in [0.2, 0.25) is 0 Å². The normalized spacial score (nSPS) is 11.2. The summed E-state index contributed by atoms with van der Waals surface area (Å²) in [6.07, 6.45) is 1.98. The maximum absolute atomic E-state index is 13.7. The quantitative estimate of drug-likeness (QED) is 0.0999. The van der Waals surface area contributed by atoms with Gasteiger partial charge >= 0.3 is 11.7 Å². The third-order valence-corrected chi connectivity index (χ3v) is 8.56. The van der Waals surface area contributed by atoms with E-state index in [1.54, 1.807) is 30.4 Å². The summed E-state index contributed by atoms with van der Waals surface area (Å²) in [5.74, 6) is 0.0177. The van der Waals surface area contributed by atoms with Crippen molar-refractivity contribution in [2.45, 2.75) is 30.2 Å². The highest BCUT2D eigenvalue weighted by Gasteiger charge is 2.24. The number of carbonyl (C=O) groups excluding carboxylic acids is 1. The molecule has 0 amide bonds. The fraction of sp³-hybridized carbons (Fsp3) is 0.296. The van der Waals surface area contributed by atoms with Crippen LogP contribution in [0.3, 0.4) is 0 Å². The van der Waals surface area contributed by atoms with Gasteiger partial charge in [-0.3, -0.25) is 14.2 Å². The number of alkyl halides is 1. The van der Waals surface area contributed by atoms with E-state index in [1.807, 2.05) is 54.8 Å². The van der Waals surface area contributed by atoms with Crippen LogP contribution in [-0.4, -0.2) is 41.9 Å². The predicted molar refractivity (Wildman–Crippen MR) is 155 cm³/mol. The number of thiophene rings is 1. The molecule has 8 nitrogen and oxygen atoms in total. The molecule has 200 valence electrons. The lowest BCUT2D eigenvalue weighted by atomic mass is 10.1. The van der Waals surface area contributed by atoms with E-state index in [0.29, 0.717) is 21.3 Å². The van der Waals surface area contributed by atoms with E-state index in [-0.39, 0.29) is 19.9 Å². The standard InChI is InChI=1S/C27H27BrN2O6S2/c1-4-35-22(31)15-29-25(32)23-20(13-28)24(17-9-11-19(12-10-17)36-16-34-2)38-26(23)30(27(29)33)14-18-7-5-6-8-21(18)37-3/h5-12H,4,13-16H2,1-3H3. The molecule has 2 aromatic carbocycles. The second kappa shape index (κ2) is 12.8. The first-order valence-electron chi connectivity index (χ1n) is 11.8. The molecule has 0 aliphatic carbocycles. The van der Waals surface area contributed by atoms with Crippen LogP contribution >= 0.6 is 39.0 Å². The number of methoxy groups -OCH3 is 1. The Morgan fingerprint density at radius 2 is 1.82 bits per heavy atom. The van der Waals surface area contributed by atoms with Gasteiger partial charge in [-0.1, -0.05) is 34.1 Å². The van der Waals surface area contributed by atoms with E-state index in [0.717, 1.165) is 31.0 Å². The molecular formula is C27H27BrN2O6S2. The highest BCUT2D eigenvalue weighted by atomic mass is 79.9. The van der Waals surface area contributed by atoms with Gasteiger partial charge in [0.1, 0.15) is 17.1 Å². The van der Waals surface area contributed by atoms with Gasteiger partial charge in [0.05, 0.1) is 18.5 Å². The Morgan fingerprint density at radius 3 is 2.47 bits per heavy atom. The maximum atomic E-state index is 13.7. The first-order chi connectivity index (χ1) is 18.4. The summed E-state index contributed by atoms with van der Waals surface area (Å²) in [5, 5.41) is 0.797. The molecule has 0 spiro atoms. The first kappa shape index (κ1) is 28.2. The van der Waals surface area contributed by atoms with Gasteiger partial charge in [-0.25, -0.2) is 9.36 Å². The van der Waals surface area contributed by atoms with Crippen LogP contribution in [-0.2, 0) is 32.7 Å². The molecule has 0 N–H and O–H groups in total. The predicted octanol–water partition coefficient (Wildman–Crippen LogP) is 5.10. The fourth-order valence-electron chi connectivity index (χ4n) is 4.13. The number of hydrogen-bond donors (Lipinski definition) is 0. The zero-order valence-electron chi connectivity index (χ0n) is 21.2. The summed E-state index contributed by atoms with van der Waals surface area (Å²) in [5.41, 5.74) is 1.52. The Kier molecular flexibility index (Phi) is 9.48. The van der Waals surface area contributed by atoms with E-state index in [9.17, 15) is 14.4 Å². The van der Waals surface area contributed by atoms with Crippen LogP contribution in [0.25, 0.3) is 20.7 Å². The molecule has 4 rings (SSSR count). The zero-order valence-corrected chi connectivity index (χ0v) is 24.4. The second-order valence-electron chi connectivity index (χ2n) is 8.18. The number of ether oxygens (including phenoxy) is 3. The van der Waals surface area contributed by atoms with Gasteiger partial charge in [-0.2, -0.15) is 0 Å². The van der Waals surface area contributed by atoms with Crippen molar-refractivity contribution in [3.8, 4) is 16.2 Å². The lowest BCUT2D eigenvalue weighted by Gasteiger charge is -2.14. The van der Waals surface area contributed by atoms with E-state index in [2.05, 4.69) is 15.9 Å². The molecule has 0 aliphatic heterocycles. The number of benzene rings is 2. The topological polar surface area (TPSA) is 88.8 Å². The Hall–Kier alpha value is -2.86. The van der Waals surface area contributed by atoms with Crippen molar-refractivity contribution >= 4 is 55.2 Å². The number of hydrogen-bond acceptors (Lipinski definition) is 8. The number of carbonyl (C=O) groups is 1. The summed E-state index contributed by atoms with van der Waals surface area (Å²) in [4.78, 5) is 42.2. The van der Waals surface area contributed by atoms with Crippen molar-refractivity contribution in [1.82, 2.24) is 9.13 Å². The second-order valence-corrected chi connectivity index (χ2v) is 10.6. The number of nitrogens with zero attached hydrogens (tertiary/aromatic N) is 2. The van der Waals surface area contributed by atoms with E-state index in [4.69, 9.17) is 14.2 Å². The van der Waals surface area contributed by atoms with Crippen molar-refractivity contribution in [2.75, 3.05) is 26.8 Å². The molecule has 11 heteroatoms. The molecule has 0 saturated carbocycles. The molecule has 2 aromatic heterocycles. The van der Waals surface area contributed by atoms with Gasteiger partial charge in [0, 0.05) is 22.2 Å². The number of rotatable bonds is 11. The monoisotopic (exact) mass is 618 g/mol. The van der Waals surface area contributed by atoms with Crippen LogP contribution in [0.4, 0.5) is 0 Å². The summed E-state index contributed by atoms with van der Waals surface area (Å²) in [6, 6.07) is 15.3. The van der Waals surface area contributed by atoms with Crippen molar-refractivity contribution in [3.63, 3.8) is 0 Å². The van der Waals surface area contributed by atoms with E-state index < -0.39 is 23.8 Å². The van der Waals surface area contributed by atoms with Crippen molar-refractivity contribution in [2.24, 2.45) is 0 Å². The third-order valence-electron chi connectivity index (χ3n) is 5.86. The summed E-state index contributed by atoms with van der Waals surface area (Å²) >= 11 is 6.52.